The zero-order chi connectivity index (χ0) is 15.8. The minimum Gasteiger partial charge on any atom is -0.478 e. The number of amides is 1. The molecule has 0 saturated carbocycles. The molecule has 1 atom stereocenters. The molecule has 0 saturated heterocycles. The molecule has 1 amide bonds. The summed E-state index contributed by atoms with van der Waals surface area (Å²) in [6.45, 7) is 5.69. The van der Waals surface area contributed by atoms with Crippen LogP contribution in [0.15, 0.2) is 18.2 Å². The van der Waals surface area contributed by atoms with Gasteiger partial charge >= 0.3 is 5.97 Å². The van der Waals surface area contributed by atoms with E-state index in [1.807, 2.05) is 7.05 Å². The molecule has 1 heterocycles. The fourth-order valence-electron chi connectivity index (χ4n) is 1.68. The van der Waals surface area contributed by atoms with E-state index in [2.05, 4.69) is 24.1 Å². The predicted octanol–water partition coefficient (Wildman–Crippen LogP) is 2.31. The summed E-state index contributed by atoms with van der Waals surface area (Å²) in [6, 6.07) is 3.95. The molecule has 0 fully saturated rings. The molecular formula is C15H22N2O3S. The SMILES string of the molecule is CCC(C)N(C)CCNC(=O)c1ccc(/C=C/C(=O)O)s1. The molecular weight excluding hydrogens is 288 g/mol. The van der Waals surface area contributed by atoms with Gasteiger partial charge in [0.15, 0.2) is 0 Å². The predicted molar refractivity (Wildman–Crippen MR) is 85.7 cm³/mol. The van der Waals surface area contributed by atoms with Gasteiger partial charge in [-0.25, -0.2) is 4.79 Å². The summed E-state index contributed by atoms with van der Waals surface area (Å²) in [6.07, 6.45) is 3.63. The second kappa shape index (κ2) is 8.59. The number of carbonyl (C=O) groups is 2. The van der Waals surface area contributed by atoms with Gasteiger partial charge in [-0.2, -0.15) is 0 Å². The lowest BCUT2D eigenvalue weighted by Gasteiger charge is -2.23. The van der Waals surface area contributed by atoms with Gasteiger partial charge in [0.25, 0.3) is 5.91 Å². The number of nitrogens with zero attached hydrogens (tertiary/aromatic N) is 1. The third kappa shape index (κ3) is 6.10. The summed E-state index contributed by atoms with van der Waals surface area (Å²) in [7, 11) is 2.04. The second-order valence-corrected chi connectivity index (χ2v) is 5.98. The first-order valence-electron chi connectivity index (χ1n) is 6.93. The van der Waals surface area contributed by atoms with Crippen molar-refractivity contribution >= 4 is 29.3 Å². The Morgan fingerprint density at radius 3 is 2.81 bits per heavy atom. The van der Waals surface area contributed by atoms with Crippen LogP contribution in [0.2, 0.25) is 0 Å². The lowest BCUT2D eigenvalue weighted by molar-refractivity contribution is -0.131. The lowest BCUT2D eigenvalue weighted by Crippen LogP contribution is -2.36. The number of carboxylic acids is 1. The van der Waals surface area contributed by atoms with E-state index < -0.39 is 5.97 Å². The molecule has 21 heavy (non-hydrogen) atoms. The van der Waals surface area contributed by atoms with Gasteiger partial charge in [0.2, 0.25) is 0 Å². The number of carboxylic acid groups (broad SMARTS) is 1. The van der Waals surface area contributed by atoms with Crippen molar-refractivity contribution < 1.29 is 14.7 Å². The van der Waals surface area contributed by atoms with E-state index in [9.17, 15) is 9.59 Å². The summed E-state index contributed by atoms with van der Waals surface area (Å²) in [5.74, 6) is -1.12. The van der Waals surface area contributed by atoms with Gasteiger partial charge in [0, 0.05) is 30.1 Å². The first-order valence-corrected chi connectivity index (χ1v) is 7.75. The second-order valence-electron chi connectivity index (χ2n) is 4.87. The standard InChI is InChI=1S/C15H22N2O3S/c1-4-11(2)17(3)10-9-16-15(20)13-7-5-12(21-13)6-8-14(18)19/h5-8,11H,4,9-10H2,1-3H3,(H,16,20)(H,18,19)/b8-6+. The number of carbonyl (C=O) groups excluding carboxylic acids is 1. The van der Waals surface area contributed by atoms with Crippen LogP contribution >= 0.6 is 11.3 Å². The summed E-state index contributed by atoms with van der Waals surface area (Å²) < 4.78 is 0. The molecule has 0 bridgehead atoms. The number of likely N-dealkylation sites (N-methyl/N-ethyl adjacent to an activating group) is 1. The Kier molecular flexibility index (Phi) is 7.11. The molecule has 1 aromatic heterocycles. The largest absolute Gasteiger partial charge is 0.478 e. The summed E-state index contributed by atoms with van der Waals surface area (Å²) >= 11 is 1.28. The van der Waals surface area contributed by atoms with Gasteiger partial charge in [-0.3, -0.25) is 4.79 Å². The Bertz CT molecular complexity index is 511. The highest BCUT2D eigenvalue weighted by atomic mass is 32.1. The molecule has 6 heteroatoms. The van der Waals surface area contributed by atoms with E-state index in [0.29, 0.717) is 17.5 Å². The fourth-order valence-corrected chi connectivity index (χ4v) is 2.51. The fraction of sp³-hybridized carbons (Fsp3) is 0.467. The minimum absolute atomic E-state index is 0.118. The Balaban J connectivity index is 2.44. The van der Waals surface area contributed by atoms with Crippen LogP contribution in [0.25, 0.3) is 6.08 Å². The van der Waals surface area contributed by atoms with Gasteiger partial charge < -0.3 is 15.3 Å². The summed E-state index contributed by atoms with van der Waals surface area (Å²) in [4.78, 5) is 25.9. The van der Waals surface area contributed by atoms with E-state index in [1.165, 1.54) is 17.4 Å². The summed E-state index contributed by atoms with van der Waals surface area (Å²) in [5.41, 5.74) is 0. The molecule has 1 unspecified atom stereocenters. The van der Waals surface area contributed by atoms with E-state index in [1.54, 1.807) is 12.1 Å². The van der Waals surface area contributed by atoms with Crippen LogP contribution in [0.4, 0.5) is 0 Å². The van der Waals surface area contributed by atoms with Gasteiger partial charge in [-0.05, 0) is 38.6 Å². The van der Waals surface area contributed by atoms with Crippen LogP contribution in [-0.4, -0.2) is 48.1 Å². The smallest absolute Gasteiger partial charge is 0.328 e. The number of aliphatic carboxylic acids is 1. The zero-order valence-corrected chi connectivity index (χ0v) is 13.4. The molecule has 0 radical (unpaired) electrons. The highest BCUT2D eigenvalue weighted by molar-refractivity contribution is 7.14. The van der Waals surface area contributed by atoms with Crippen molar-refractivity contribution in [2.75, 3.05) is 20.1 Å². The topological polar surface area (TPSA) is 69.6 Å². The van der Waals surface area contributed by atoms with Crippen molar-refractivity contribution in [3.63, 3.8) is 0 Å². The van der Waals surface area contributed by atoms with Gasteiger partial charge in [-0.1, -0.05) is 6.92 Å². The average Bonchev–Trinajstić information content (AvgIpc) is 2.92. The van der Waals surface area contributed by atoms with E-state index in [0.717, 1.165) is 23.9 Å². The maximum Gasteiger partial charge on any atom is 0.328 e. The molecule has 5 nitrogen and oxygen atoms in total. The normalized spacial score (nSPS) is 12.8. The van der Waals surface area contributed by atoms with Crippen LogP contribution in [0, 0.1) is 0 Å². The molecule has 0 aliphatic carbocycles. The molecule has 116 valence electrons. The van der Waals surface area contributed by atoms with Crippen LogP contribution in [-0.2, 0) is 4.79 Å². The maximum absolute atomic E-state index is 12.0. The Labute approximate surface area is 129 Å². The maximum atomic E-state index is 12.0. The van der Waals surface area contributed by atoms with Gasteiger partial charge in [0.1, 0.15) is 0 Å². The summed E-state index contributed by atoms with van der Waals surface area (Å²) in [5, 5.41) is 11.4. The molecule has 0 spiro atoms. The number of rotatable bonds is 8. The average molecular weight is 310 g/mol. The van der Waals surface area contributed by atoms with Crippen molar-refractivity contribution in [1.29, 1.82) is 0 Å². The number of hydrogen-bond donors (Lipinski definition) is 2. The minimum atomic E-state index is -0.998. The highest BCUT2D eigenvalue weighted by Gasteiger charge is 2.10. The van der Waals surface area contributed by atoms with E-state index in [4.69, 9.17) is 5.11 Å². The molecule has 1 rings (SSSR count). The third-order valence-corrected chi connectivity index (χ3v) is 4.38. The number of nitrogens with one attached hydrogen (secondary N) is 1. The highest BCUT2D eigenvalue weighted by Crippen LogP contribution is 2.17. The van der Waals surface area contributed by atoms with Crippen molar-refractivity contribution in [3.8, 4) is 0 Å². The van der Waals surface area contributed by atoms with Crippen molar-refractivity contribution in [1.82, 2.24) is 10.2 Å². The molecule has 1 aromatic rings. The van der Waals surface area contributed by atoms with Gasteiger partial charge in [-0.15, -0.1) is 11.3 Å². The van der Waals surface area contributed by atoms with Crippen LogP contribution in [0.1, 0.15) is 34.8 Å². The molecule has 2 N–H and O–H groups in total. The Hall–Kier alpha value is -1.66. The quantitative estimate of drug-likeness (QED) is 0.723. The molecule has 0 aliphatic rings. The molecule has 0 aromatic carbocycles. The van der Waals surface area contributed by atoms with Crippen LogP contribution in [0.5, 0.6) is 0 Å². The first-order chi connectivity index (χ1) is 9.93. The third-order valence-electron chi connectivity index (χ3n) is 3.33. The van der Waals surface area contributed by atoms with Gasteiger partial charge in [0.05, 0.1) is 4.88 Å². The first kappa shape index (κ1) is 17.4. The zero-order valence-electron chi connectivity index (χ0n) is 12.6. The Morgan fingerprint density at radius 1 is 1.48 bits per heavy atom. The van der Waals surface area contributed by atoms with Crippen LogP contribution in [0.3, 0.4) is 0 Å². The Morgan fingerprint density at radius 2 is 2.19 bits per heavy atom. The monoisotopic (exact) mass is 310 g/mol. The lowest BCUT2D eigenvalue weighted by atomic mass is 10.2. The van der Waals surface area contributed by atoms with Crippen molar-refractivity contribution in [2.24, 2.45) is 0 Å². The van der Waals surface area contributed by atoms with Crippen molar-refractivity contribution in [3.05, 3.63) is 28.0 Å². The van der Waals surface area contributed by atoms with E-state index >= 15 is 0 Å². The van der Waals surface area contributed by atoms with E-state index in [-0.39, 0.29) is 5.91 Å². The van der Waals surface area contributed by atoms with Crippen molar-refractivity contribution in [2.45, 2.75) is 26.3 Å². The van der Waals surface area contributed by atoms with Crippen LogP contribution < -0.4 is 5.32 Å². The molecule has 0 aliphatic heterocycles. The number of hydrogen-bond acceptors (Lipinski definition) is 4. The number of thiophene rings is 1.